The molecule has 2 aromatic rings. The summed E-state index contributed by atoms with van der Waals surface area (Å²) in [6.07, 6.45) is 2.10. The molecule has 0 aliphatic carbocycles. The zero-order valence-corrected chi connectivity index (χ0v) is 16.6. The van der Waals surface area contributed by atoms with Crippen molar-refractivity contribution in [3.05, 3.63) is 47.4 Å². The standard InChI is InChI=1S/C19H19N7O6/c20-26(18(30)14-8-22-16-13(24-14)7-21-9-23-16)11-3-1-10(2-4-11)17(29)25-12(19(31)32)5-6-15(27)28/h1-4,7-8,12H,5-6,9,20H2,(H,22,23)(H,25,29)(H,27,28)(H,31,32). The van der Waals surface area contributed by atoms with Gasteiger partial charge in [0.05, 0.1) is 18.1 Å². The van der Waals surface area contributed by atoms with Gasteiger partial charge in [-0.05, 0) is 30.7 Å². The van der Waals surface area contributed by atoms with E-state index in [1.54, 1.807) is 0 Å². The van der Waals surface area contributed by atoms with Crippen LogP contribution in [0.1, 0.15) is 39.4 Å². The second kappa shape index (κ2) is 9.61. The SMILES string of the molecule is NN(C(=O)c1cnc2c(n1)C=NCN2)c1ccc(C(=O)NC(CCC(=O)O)C(=O)O)cc1. The number of hydrazine groups is 1. The third kappa shape index (κ3) is 5.20. The number of carboxylic acid groups (broad SMARTS) is 2. The highest BCUT2D eigenvalue weighted by Crippen LogP contribution is 2.17. The third-order valence-corrected chi connectivity index (χ3v) is 4.45. The largest absolute Gasteiger partial charge is 0.481 e. The molecule has 13 heteroatoms. The minimum atomic E-state index is -1.36. The molecule has 2 heterocycles. The zero-order valence-electron chi connectivity index (χ0n) is 16.6. The Hall–Kier alpha value is -4.39. The minimum absolute atomic E-state index is 0.00838. The van der Waals surface area contributed by atoms with Crippen LogP contribution in [0.2, 0.25) is 0 Å². The molecule has 1 aromatic heterocycles. The molecule has 6 N–H and O–H groups in total. The molecule has 0 saturated heterocycles. The van der Waals surface area contributed by atoms with Gasteiger partial charge < -0.3 is 20.8 Å². The van der Waals surface area contributed by atoms with Crippen LogP contribution in [0.5, 0.6) is 0 Å². The summed E-state index contributed by atoms with van der Waals surface area (Å²) in [5.74, 6) is 2.52. The fourth-order valence-electron chi connectivity index (χ4n) is 2.77. The number of hydrogen-bond donors (Lipinski definition) is 5. The maximum atomic E-state index is 12.6. The predicted octanol–water partition coefficient (Wildman–Crippen LogP) is -0.153. The third-order valence-electron chi connectivity index (χ3n) is 4.45. The van der Waals surface area contributed by atoms with Crippen molar-refractivity contribution in [1.82, 2.24) is 15.3 Å². The number of hydrogen-bond acceptors (Lipinski definition) is 9. The Balaban J connectivity index is 1.68. The summed E-state index contributed by atoms with van der Waals surface area (Å²) in [6, 6.07) is 4.14. The zero-order chi connectivity index (χ0) is 23.3. The van der Waals surface area contributed by atoms with Crippen molar-refractivity contribution >= 4 is 41.5 Å². The number of aliphatic imine (C=N–C) groups is 1. The van der Waals surface area contributed by atoms with Crippen LogP contribution in [0.15, 0.2) is 35.5 Å². The lowest BCUT2D eigenvalue weighted by molar-refractivity contribution is -0.140. The van der Waals surface area contributed by atoms with Crippen molar-refractivity contribution in [1.29, 1.82) is 0 Å². The van der Waals surface area contributed by atoms with Gasteiger partial charge in [0.1, 0.15) is 24.1 Å². The van der Waals surface area contributed by atoms with Crippen molar-refractivity contribution in [2.75, 3.05) is 17.0 Å². The highest BCUT2D eigenvalue weighted by atomic mass is 16.4. The monoisotopic (exact) mass is 441 g/mol. The number of anilines is 2. The quantitative estimate of drug-likeness (QED) is 0.208. The Morgan fingerprint density at radius 3 is 2.56 bits per heavy atom. The van der Waals surface area contributed by atoms with E-state index in [2.05, 4.69) is 25.6 Å². The Morgan fingerprint density at radius 1 is 1.19 bits per heavy atom. The average molecular weight is 441 g/mol. The summed E-state index contributed by atoms with van der Waals surface area (Å²) < 4.78 is 0. The van der Waals surface area contributed by atoms with Crippen molar-refractivity contribution in [3.63, 3.8) is 0 Å². The van der Waals surface area contributed by atoms with Gasteiger partial charge in [0.2, 0.25) is 0 Å². The molecule has 1 unspecified atom stereocenters. The molecule has 1 aliphatic rings. The van der Waals surface area contributed by atoms with Crippen LogP contribution >= 0.6 is 0 Å². The Morgan fingerprint density at radius 2 is 1.91 bits per heavy atom. The van der Waals surface area contributed by atoms with E-state index in [9.17, 15) is 19.2 Å². The van der Waals surface area contributed by atoms with Crippen LogP contribution in [-0.2, 0) is 9.59 Å². The lowest BCUT2D eigenvalue weighted by Gasteiger charge is -2.18. The van der Waals surface area contributed by atoms with Gasteiger partial charge in [-0.2, -0.15) is 0 Å². The highest BCUT2D eigenvalue weighted by molar-refractivity contribution is 6.05. The smallest absolute Gasteiger partial charge is 0.326 e. The van der Waals surface area contributed by atoms with Crippen LogP contribution < -0.4 is 21.5 Å². The van der Waals surface area contributed by atoms with Crippen molar-refractivity contribution < 1.29 is 29.4 Å². The van der Waals surface area contributed by atoms with Gasteiger partial charge in [0.25, 0.3) is 11.8 Å². The number of aliphatic carboxylic acids is 2. The van der Waals surface area contributed by atoms with E-state index >= 15 is 0 Å². The predicted molar refractivity (Wildman–Crippen MR) is 111 cm³/mol. The summed E-state index contributed by atoms with van der Waals surface area (Å²) in [5, 5.41) is 23.9. The first-order chi connectivity index (χ1) is 15.3. The Labute approximate surface area is 181 Å². The Bertz CT molecular complexity index is 1090. The van der Waals surface area contributed by atoms with Gasteiger partial charge in [0, 0.05) is 12.0 Å². The summed E-state index contributed by atoms with van der Waals surface area (Å²) in [4.78, 5) is 59.1. The van der Waals surface area contributed by atoms with Gasteiger partial charge in [-0.15, -0.1) is 0 Å². The number of nitrogens with one attached hydrogen (secondary N) is 2. The van der Waals surface area contributed by atoms with E-state index in [4.69, 9.17) is 16.1 Å². The van der Waals surface area contributed by atoms with Gasteiger partial charge in [-0.1, -0.05) is 0 Å². The lowest BCUT2D eigenvalue weighted by Crippen LogP contribution is -2.41. The normalized spacial score (nSPS) is 12.8. The van der Waals surface area contributed by atoms with Gasteiger partial charge >= 0.3 is 11.9 Å². The van der Waals surface area contributed by atoms with E-state index < -0.39 is 36.2 Å². The van der Waals surface area contributed by atoms with Crippen LogP contribution in [0, 0.1) is 0 Å². The van der Waals surface area contributed by atoms with E-state index in [0.717, 1.165) is 5.01 Å². The van der Waals surface area contributed by atoms with Crippen molar-refractivity contribution in [2.24, 2.45) is 10.8 Å². The van der Waals surface area contributed by atoms with Crippen LogP contribution in [0.4, 0.5) is 11.5 Å². The van der Waals surface area contributed by atoms with E-state index in [1.807, 2.05) is 0 Å². The van der Waals surface area contributed by atoms with Gasteiger partial charge in [-0.3, -0.25) is 19.4 Å². The second-order valence-corrected chi connectivity index (χ2v) is 6.65. The molecule has 32 heavy (non-hydrogen) atoms. The maximum absolute atomic E-state index is 12.6. The first kappa shape index (κ1) is 22.3. The van der Waals surface area contributed by atoms with Crippen LogP contribution in [-0.4, -0.2) is 62.9 Å². The second-order valence-electron chi connectivity index (χ2n) is 6.65. The summed E-state index contributed by atoms with van der Waals surface area (Å²) in [5.41, 5.74) is 0.745. The topological polar surface area (TPSA) is 200 Å². The van der Waals surface area contributed by atoms with Gasteiger partial charge in [-0.25, -0.2) is 25.6 Å². The van der Waals surface area contributed by atoms with Crippen LogP contribution in [0.25, 0.3) is 0 Å². The highest BCUT2D eigenvalue weighted by Gasteiger charge is 2.23. The first-order valence-electron chi connectivity index (χ1n) is 9.31. The molecule has 1 aromatic carbocycles. The molecule has 0 radical (unpaired) electrons. The Kier molecular flexibility index (Phi) is 6.70. The van der Waals surface area contributed by atoms with Crippen molar-refractivity contribution in [3.8, 4) is 0 Å². The molecule has 1 aliphatic heterocycles. The molecule has 0 spiro atoms. The molecule has 166 valence electrons. The molecule has 3 rings (SSSR count). The number of rotatable bonds is 8. The number of carbonyl (C=O) groups is 4. The molecule has 2 amide bonds. The van der Waals surface area contributed by atoms with Crippen molar-refractivity contribution in [2.45, 2.75) is 18.9 Å². The first-order valence-corrected chi connectivity index (χ1v) is 9.31. The average Bonchev–Trinajstić information content (AvgIpc) is 2.80. The van der Waals surface area contributed by atoms with E-state index in [1.165, 1.54) is 36.7 Å². The summed E-state index contributed by atoms with van der Waals surface area (Å²) in [7, 11) is 0. The number of benzene rings is 1. The fraction of sp³-hybridized carbons (Fsp3) is 0.211. The number of carboxylic acids is 2. The molecule has 0 bridgehead atoms. The summed E-state index contributed by atoms with van der Waals surface area (Å²) >= 11 is 0. The molecular formula is C19H19N7O6. The molecular weight excluding hydrogens is 422 g/mol. The number of aromatic nitrogens is 2. The molecule has 0 fully saturated rings. The van der Waals surface area contributed by atoms with E-state index in [-0.39, 0.29) is 23.4 Å². The maximum Gasteiger partial charge on any atom is 0.326 e. The molecule has 0 saturated carbocycles. The number of fused-ring (bicyclic) bond motifs is 1. The molecule has 1 atom stereocenters. The molecule has 13 nitrogen and oxygen atoms in total. The number of nitrogens with two attached hydrogens (primary N) is 1. The number of nitrogens with zero attached hydrogens (tertiary/aromatic N) is 4. The lowest BCUT2D eigenvalue weighted by atomic mass is 10.1. The summed E-state index contributed by atoms with van der Waals surface area (Å²) in [6.45, 7) is 0.366. The van der Waals surface area contributed by atoms with Crippen LogP contribution in [0.3, 0.4) is 0 Å². The van der Waals surface area contributed by atoms with E-state index in [0.29, 0.717) is 18.2 Å². The number of carbonyl (C=O) groups excluding carboxylic acids is 2. The fourth-order valence-corrected chi connectivity index (χ4v) is 2.77. The van der Waals surface area contributed by atoms with Gasteiger partial charge in [0.15, 0.2) is 5.82 Å². The number of amides is 2. The minimum Gasteiger partial charge on any atom is -0.481 e.